The van der Waals surface area contributed by atoms with Crippen molar-refractivity contribution in [2.75, 3.05) is 18.4 Å². The van der Waals surface area contributed by atoms with Gasteiger partial charge in [-0.15, -0.1) is 0 Å². The minimum atomic E-state index is 0.00579. The van der Waals surface area contributed by atoms with Gasteiger partial charge in [-0.1, -0.05) is 26.0 Å². The molecule has 3 heteroatoms. The van der Waals surface area contributed by atoms with Crippen molar-refractivity contribution in [1.29, 1.82) is 0 Å². The van der Waals surface area contributed by atoms with E-state index in [1.165, 1.54) is 0 Å². The van der Waals surface area contributed by atoms with Crippen LogP contribution in [0.25, 0.3) is 0 Å². The predicted octanol–water partition coefficient (Wildman–Crippen LogP) is 2.18. The summed E-state index contributed by atoms with van der Waals surface area (Å²) < 4.78 is 0. The Hall–Kier alpha value is -1.35. The molecule has 1 rings (SSSR count). The number of benzene rings is 1. The minimum absolute atomic E-state index is 0.00579. The van der Waals surface area contributed by atoms with Crippen LogP contribution in [0.5, 0.6) is 0 Å². The highest BCUT2D eigenvalue weighted by molar-refractivity contribution is 5.92. The maximum absolute atomic E-state index is 11.5. The van der Waals surface area contributed by atoms with Crippen LogP contribution in [0.4, 0.5) is 5.69 Å². The van der Waals surface area contributed by atoms with E-state index < -0.39 is 0 Å². The van der Waals surface area contributed by atoms with Gasteiger partial charge in [0.15, 0.2) is 0 Å². The Morgan fingerprint density at radius 2 is 2.12 bits per heavy atom. The van der Waals surface area contributed by atoms with Crippen molar-refractivity contribution < 1.29 is 4.79 Å². The Labute approximate surface area is 97.2 Å². The topological polar surface area (TPSA) is 41.1 Å². The zero-order valence-corrected chi connectivity index (χ0v) is 10.2. The summed E-state index contributed by atoms with van der Waals surface area (Å²) in [6.45, 7) is 7.47. The Bertz CT molecular complexity index is 348. The van der Waals surface area contributed by atoms with Crippen LogP contribution >= 0.6 is 0 Å². The van der Waals surface area contributed by atoms with E-state index in [1.54, 1.807) is 0 Å². The highest BCUT2D eigenvalue weighted by Gasteiger charge is 2.02. The number of aryl methyl sites for hydroxylation is 1. The maximum Gasteiger partial charge on any atom is 0.238 e. The third-order valence-electron chi connectivity index (χ3n) is 2.14. The fourth-order valence-corrected chi connectivity index (χ4v) is 1.40. The normalized spacial score (nSPS) is 10.5. The van der Waals surface area contributed by atoms with Crippen molar-refractivity contribution in [3.63, 3.8) is 0 Å². The van der Waals surface area contributed by atoms with Gasteiger partial charge in [0.2, 0.25) is 5.91 Å². The zero-order chi connectivity index (χ0) is 12.0. The summed E-state index contributed by atoms with van der Waals surface area (Å²) in [5.74, 6) is 0.568. The molecule has 1 amide bonds. The van der Waals surface area contributed by atoms with Crippen molar-refractivity contribution in [2.24, 2.45) is 5.92 Å². The van der Waals surface area contributed by atoms with E-state index >= 15 is 0 Å². The summed E-state index contributed by atoms with van der Waals surface area (Å²) in [5.41, 5.74) is 2.00. The summed E-state index contributed by atoms with van der Waals surface area (Å²) in [4.78, 5) is 11.5. The number of rotatable bonds is 5. The van der Waals surface area contributed by atoms with Crippen LogP contribution in [-0.2, 0) is 4.79 Å². The lowest BCUT2D eigenvalue weighted by Gasteiger charge is -2.08. The van der Waals surface area contributed by atoms with Gasteiger partial charge in [-0.2, -0.15) is 0 Å². The van der Waals surface area contributed by atoms with E-state index in [2.05, 4.69) is 24.5 Å². The molecule has 0 saturated heterocycles. The highest BCUT2D eigenvalue weighted by Crippen LogP contribution is 2.08. The monoisotopic (exact) mass is 220 g/mol. The van der Waals surface area contributed by atoms with Gasteiger partial charge in [-0.25, -0.2) is 0 Å². The number of carbonyl (C=O) groups excluding carboxylic acids is 1. The average molecular weight is 220 g/mol. The highest BCUT2D eigenvalue weighted by atomic mass is 16.1. The lowest BCUT2D eigenvalue weighted by molar-refractivity contribution is -0.115. The van der Waals surface area contributed by atoms with E-state index in [-0.39, 0.29) is 5.91 Å². The van der Waals surface area contributed by atoms with E-state index in [1.807, 2.05) is 31.2 Å². The van der Waals surface area contributed by atoms with Crippen molar-refractivity contribution in [1.82, 2.24) is 5.32 Å². The largest absolute Gasteiger partial charge is 0.325 e. The summed E-state index contributed by atoms with van der Waals surface area (Å²) in [7, 11) is 0. The second-order valence-corrected chi connectivity index (χ2v) is 4.44. The van der Waals surface area contributed by atoms with Gasteiger partial charge >= 0.3 is 0 Å². The van der Waals surface area contributed by atoms with Gasteiger partial charge in [0.1, 0.15) is 0 Å². The van der Waals surface area contributed by atoms with E-state index in [4.69, 9.17) is 0 Å². The molecule has 0 aliphatic rings. The van der Waals surface area contributed by atoms with Crippen molar-refractivity contribution >= 4 is 11.6 Å². The van der Waals surface area contributed by atoms with Gasteiger partial charge in [0, 0.05) is 5.69 Å². The molecule has 0 radical (unpaired) electrons. The van der Waals surface area contributed by atoms with Crippen molar-refractivity contribution in [3.05, 3.63) is 29.8 Å². The molecule has 0 fully saturated rings. The Balaban J connectivity index is 2.34. The van der Waals surface area contributed by atoms with Crippen LogP contribution in [0.1, 0.15) is 19.4 Å². The minimum Gasteiger partial charge on any atom is -0.325 e. The zero-order valence-electron chi connectivity index (χ0n) is 10.2. The molecule has 0 aromatic heterocycles. The van der Waals surface area contributed by atoms with Gasteiger partial charge in [-0.3, -0.25) is 4.79 Å². The molecule has 0 atom stereocenters. The Kier molecular flexibility index (Phi) is 4.99. The van der Waals surface area contributed by atoms with E-state index in [0.717, 1.165) is 17.8 Å². The van der Waals surface area contributed by atoms with Gasteiger partial charge in [-0.05, 0) is 37.1 Å². The maximum atomic E-state index is 11.5. The number of nitrogens with one attached hydrogen (secondary N) is 2. The van der Waals surface area contributed by atoms with Crippen LogP contribution in [0.15, 0.2) is 24.3 Å². The van der Waals surface area contributed by atoms with Gasteiger partial charge in [0.05, 0.1) is 6.54 Å². The second kappa shape index (κ2) is 6.28. The van der Waals surface area contributed by atoms with Gasteiger partial charge in [0.25, 0.3) is 0 Å². The van der Waals surface area contributed by atoms with Crippen LogP contribution in [-0.4, -0.2) is 19.0 Å². The van der Waals surface area contributed by atoms with Crippen LogP contribution < -0.4 is 10.6 Å². The standard InChI is InChI=1S/C13H20N2O/c1-10(2)8-14-9-13(16)15-12-6-4-5-11(3)7-12/h4-7,10,14H,8-9H2,1-3H3,(H,15,16). The van der Waals surface area contributed by atoms with E-state index in [0.29, 0.717) is 12.5 Å². The smallest absolute Gasteiger partial charge is 0.238 e. The average Bonchev–Trinajstić information content (AvgIpc) is 2.16. The lowest BCUT2D eigenvalue weighted by atomic mass is 10.2. The van der Waals surface area contributed by atoms with E-state index in [9.17, 15) is 4.79 Å². The summed E-state index contributed by atoms with van der Waals surface area (Å²) in [6.07, 6.45) is 0. The Morgan fingerprint density at radius 3 is 2.75 bits per heavy atom. The summed E-state index contributed by atoms with van der Waals surface area (Å²) in [5, 5.41) is 5.96. The molecule has 2 N–H and O–H groups in total. The van der Waals surface area contributed by atoms with Crippen LogP contribution in [0.2, 0.25) is 0 Å². The first-order valence-electron chi connectivity index (χ1n) is 5.65. The second-order valence-electron chi connectivity index (χ2n) is 4.44. The Morgan fingerprint density at radius 1 is 1.38 bits per heavy atom. The number of anilines is 1. The fourth-order valence-electron chi connectivity index (χ4n) is 1.40. The third-order valence-corrected chi connectivity index (χ3v) is 2.14. The molecule has 0 aliphatic heterocycles. The number of amides is 1. The van der Waals surface area contributed by atoms with Crippen molar-refractivity contribution in [2.45, 2.75) is 20.8 Å². The molecule has 1 aromatic carbocycles. The molecule has 3 nitrogen and oxygen atoms in total. The SMILES string of the molecule is Cc1cccc(NC(=O)CNCC(C)C)c1. The molecule has 0 saturated carbocycles. The quantitative estimate of drug-likeness (QED) is 0.798. The predicted molar refractivity (Wildman–Crippen MR) is 67.5 cm³/mol. The molecule has 0 heterocycles. The first-order chi connectivity index (χ1) is 7.58. The molecule has 88 valence electrons. The van der Waals surface area contributed by atoms with Crippen LogP contribution in [0, 0.1) is 12.8 Å². The molecule has 1 aromatic rings. The van der Waals surface area contributed by atoms with Crippen molar-refractivity contribution in [3.8, 4) is 0 Å². The first-order valence-corrected chi connectivity index (χ1v) is 5.65. The molecule has 0 unspecified atom stereocenters. The summed E-state index contributed by atoms with van der Waals surface area (Å²) in [6, 6.07) is 7.80. The molecule has 0 aliphatic carbocycles. The fraction of sp³-hybridized carbons (Fsp3) is 0.462. The number of hydrogen-bond acceptors (Lipinski definition) is 2. The third kappa shape index (κ3) is 4.94. The molecular formula is C13H20N2O. The molecular weight excluding hydrogens is 200 g/mol. The van der Waals surface area contributed by atoms with Gasteiger partial charge < -0.3 is 10.6 Å². The lowest BCUT2D eigenvalue weighted by Crippen LogP contribution is -2.30. The first kappa shape index (κ1) is 12.7. The number of carbonyl (C=O) groups is 1. The molecule has 0 spiro atoms. The molecule has 0 bridgehead atoms. The van der Waals surface area contributed by atoms with Crippen LogP contribution in [0.3, 0.4) is 0 Å². The summed E-state index contributed by atoms with van der Waals surface area (Å²) >= 11 is 0. The number of hydrogen-bond donors (Lipinski definition) is 2. The molecule has 16 heavy (non-hydrogen) atoms.